The van der Waals surface area contributed by atoms with Crippen LogP contribution in [0.5, 0.6) is 0 Å². The van der Waals surface area contributed by atoms with Gasteiger partial charge in [-0.3, -0.25) is 0 Å². The Kier molecular flexibility index (Phi) is 5.12. The molecule has 4 heteroatoms. The molecule has 0 rings (SSSR count). The molecule has 0 aromatic carbocycles. The van der Waals surface area contributed by atoms with Gasteiger partial charge in [0.05, 0.1) is 0 Å². The minimum absolute atomic E-state index is 0.214. The Morgan fingerprint density at radius 3 is 2.38 bits per heavy atom. The third-order valence-electron chi connectivity index (χ3n) is 1.67. The average molecular weight is 171 g/mol. The zero-order valence-electron chi connectivity index (χ0n) is 8.39. The molecule has 65 valence electrons. The van der Waals surface area contributed by atoms with Gasteiger partial charge < -0.3 is 0 Å². The molecule has 0 saturated carbocycles. The van der Waals surface area contributed by atoms with Gasteiger partial charge in [-0.1, -0.05) is 0 Å². The first-order chi connectivity index (χ1) is 6.02. The van der Waals surface area contributed by atoms with E-state index in [4.69, 9.17) is 15.3 Å². The number of hydrogen-bond donors (Lipinski definition) is 1. The molecule has 0 spiro atoms. The maximum absolute atomic E-state index is 5.41. The van der Waals surface area contributed by atoms with E-state index in [0.717, 1.165) is 11.3 Å². The molecule has 0 heterocycles. The summed E-state index contributed by atoms with van der Waals surface area (Å²) in [5.41, 5.74) is 2.35. The molecule has 0 fully saturated rings. The molecule has 1 N–H and O–H groups in total. The van der Waals surface area contributed by atoms with Crippen LogP contribution in [0.15, 0.2) is 28.9 Å². The first kappa shape index (κ1) is 11.9. The van der Waals surface area contributed by atoms with Gasteiger partial charge in [0.2, 0.25) is 0 Å². The molecule has 0 unspecified atom stereocenters. The van der Waals surface area contributed by atoms with E-state index >= 15 is 0 Å². The Labute approximate surface area is 82.3 Å². The van der Waals surface area contributed by atoms with Crippen LogP contribution in [-0.2, 0) is 0 Å². The van der Waals surface area contributed by atoms with Gasteiger partial charge in [0, 0.05) is 0 Å². The summed E-state index contributed by atoms with van der Waals surface area (Å²) in [5.74, 6) is 0. The summed E-state index contributed by atoms with van der Waals surface area (Å²) in [6.07, 6.45) is 1.79. The van der Waals surface area contributed by atoms with Crippen molar-refractivity contribution >= 4 is 26.4 Å². The summed E-state index contributed by atoms with van der Waals surface area (Å²) in [6.45, 7) is 5.70. The third-order valence-corrected chi connectivity index (χ3v) is 1.67. The van der Waals surface area contributed by atoms with Crippen LogP contribution in [-0.4, -0.2) is 40.5 Å². The van der Waals surface area contributed by atoms with E-state index in [-0.39, 0.29) is 5.36 Å². The van der Waals surface area contributed by atoms with Crippen molar-refractivity contribution in [2.45, 2.75) is 6.92 Å². The van der Waals surface area contributed by atoms with Crippen LogP contribution in [0.1, 0.15) is 6.92 Å². The number of nitrogens with zero attached hydrogens (tertiary/aromatic N) is 1. The Balaban J connectivity index is 4.73. The summed E-state index contributed by atoms with van der Waals surface area (Å²) in [6, 6.07) is 0. The molecule has 0 aliphatic carbocycles. The van der Waals surface area contributed by atoms with Gasteiger partial charge in [0.25, 0.3) is 0 Å². The van der Waals surface area contributed by atoms with E-state index in [1.807, 2.05) is 6.92 Å². The Morgan fingerprint density at radius 2 is 2.08 bits per heavy atom. The number of likely N-dealkylation sites (N-methyl/N-ethyl adjacent to an activating group) is 1. The summed E-state index contributed by atoms with van der Waals surface area (Å²) in [4.78, 5) is 3.93. The van der Waals surface area contributed by atoms with E-state index in [1.54, 1.807) is 20.2 Å². The van der Waals surface area contributed by atoms with Crippen LogP contribution in [0.25, 0.3) is 0 Å². The Bertz CT molecular complexity index is 277. The fraction of sp³-hybridized carbons (Fsp3) is 0.333. The molecular formula is C9H13B2N2. The summed E-state index contributed by atoms with van der Waals surface area (Å²) >= 11 is 0. The van der Waals surface area contributed by atoms with Gasteiger partial charge in [0.1, 0.15) is 0 Å². The summed E-state index contributed by atoms with van der Waals surface area (Å²) in [5, 5.41) is 3.14. The second-order valence-corrected chi connectivity index (χ2v) is 2.62. The van der Waals surface area contributed by atoms with Crippen LogP contribution in [0, 0.1) is 0 Å². The maximum atomic E-state index is 5.41. The van der Waals surface area contributed by atoms with Crippen LogP contribution in [0.3, 0.4) is 0 Å². The third kappa shape index (κ3) is 3.92. The van der Waals surface area contributed by atoms with Gasteiger partial charge in [0.15, 0.2) is 0 Å². The van der Waals surface area contributed by atoms with Crippen molar-refractivity contribution in [3.63, 3.8) is 0 Å². The first-order valence-corrected chi connectivity index (χ1v) is 3.93. The van der Waals surface area contributed by atoms with Crippen molar-refractivity contribution in [1.29, 1.82) is 0 Å². The van der Waals surface area contributed by atoms with E-state index in [2.05, 4.69) is 16.9 Å². The normalized spacial score (nSPS) is 12.5. The molecule has 3 radical (unpaired) electrons. The predicted octanol–water partition coefficient (Wildman–Crippen LogP) is 0.203. The van der Waals surface area contributed by atoms with Crippen LogP contribution >= 0.6 is 0 Å². The number of hydrogen-bond acceptors (Lipinski definition) is 2. The Morgan fingerprint density at radius 1 is 1.54 bits per heavy atom. The van der Waals surface area contributed by atoms with E-state index < -0.39 is 0 Å². The van der Waals surface area contributed by atoms with E-state index in [0.29, 0.717) is 5.71 Å². The zero-order valence-corrected chi connectivity index (χ0v) is 8.39. The molecule has 0 aromatic rings. The number of allylic oxidation sites excluding steroid dienone is 2. The van der Waals surface area contributed by atoms with Crippen molar-refractivity contribution in [2.24, 2.45) is 4.99 Å². The van der Waals surface area contributed by atoms with E-state index in [1.165, 1.54) is 0 Å². The van der Waals surface area contributed by atoms with Crippen LogP contribution < -0.4 is 5.32 Å². The van der Waals surface area contributed by atoms with Crippen molar-refractivity contribution in [3.05, 3.63) is 23.9 Å². The minimum atomic E-state index is 0.214. The standard InChI is InChI=1S/C9H13B2N2/c1-6(7(2)12-3)5-8(13-4)9(10)11/h5,12H,2H2,1,3-4H3/b6-5+,13-8?. The van der Waals surface area contributed by atoms with Gasteiger partial charge in [-0.15, -0.1) is 0 Å². The number of rotatable bonds is 4. The van der Waals surface area contributed by atoms with Gasteiger partial charge >= 0.3 is 81.7 Å². The molecule has 0 aliphatic heterocycles. The molecule has 0 atom stereocenters. The monoisotopic (exact) mass is 171 g/mol. The molecule has 2 nitrogen and oxygen atoms in total. The molecule has 0 saturated heterocycles. The molecule has 13 heavy (non-hydrogen) atoms. The fourth-order valence-corrected chi connectivity index (χ4v) is 0.766. The SMILES string of the molecule is [B]C(=[B])C(/C=C(\C)C(=C)NC)=NC. The topological polar surface area (TPSA) is 24.4 Å². The van der Waals surface area contributed by atoms with Crippen molar-refractivity contribution in [3.8, 4) is 0 Å². The first-order valence-electron chi connectivity index (χ1n) is 3.93. The van der Waals surface area contributed by atoms with Crippen LogP contribution in [0.4, 0.5) is 0 Å². The molecule has 0 bridgehead atoms. The second-order valence-electron chi connectivity index (χ2n) is 2.62. The predicted molar refractivity (Wildman–Crippen MR) is 61.8 cm³/mol. The Hall–Kier alpha value is -1.05. The number of aliphatic imine (C=N–C) groups is 1. The van der Waals surface area contributed by atoms with Gasteiger partial charge in [-0.2, -0.15) is 0 Å². The average Bonchev–Trinajstić information content (AvgIpc) is 2.11. The fourth-order valence-electron chi connectivity index (χ4n) is 0.766. The summed E-state index contributed by atoms with van der Waals surface area (Å²) in [7, 11) is 14.3. The molecule has 0 aliphatic rings. The quantitative estimate of drug-likeness (QED) is 0.364. The van der Waals surface area contributed by atoms with Crippen molar-refractivity contribution in [2.75, 3.05) is 14.1 Å². The zero-order chi connectivity index (χ0) is 10.4. The second kappa shape index (κ2) is 5.57. The number of nitrogens with one attached hydrogen (secondary N) is 1. The molecule has 0 aromatic heterocycles. The van der Waals surface area contributed by atoms with Crippen LogP contribution in [0.2, 0.25) is 0 Å². The van der Waals surface area contributed by atoms with Gasteiger partial charge in [-0.05, 0) is 0 Å². The van der Waals surface area contributed by atoms with Crippen molar-refractivity contribution < 1.29 is 0 Å². The van der Waals surface area contributed by atoms with E-state index in [9.17, 15) is 0 Å². The molecular weight excluding hydrogens is 158 g/mol. The summed E-state index contributed by atoms with van der Waals surface area (Å²) < 4.78 is 0. The van der Waals surface area contributed by atoms with Crippen molar-refractivity contribution in [1.82, 2.24) is 5.32 Å². The van der Waals surface area contributed by atoms with Gasteiger partial charge in [-0.25, -0.2) is 0 Å². The molecule has 0 amide bonds.